The normalized spacial score (nSPS) is 17.1. The van der Waals surface area contributed by atoms with E-state index in [2.05, 4.69) is 9.88 Å². The SMILES string of the molecule is CC(C(=O)N1CCN(c2ccccn2)CC1)C(N)=S. The Morgan fingerprint density at radius 2 is 2.05 bits per heavy atom. The smallest absolute Gasteiger partial charge is 0.232 e. The molecule has 1 aromatic rings. The summed E-state index contributed by atoms with van der Waals surface area (Å²) in [5, 5.41) is 0. The summed E-state index contributed by atoms with van der Waals surface area (Å²) in [7, 11) is 0. The molecular weight excluding hydrogens is 260 g/mol. The minimum atomic E-state index is -0.378. The first-order valence-corrected chi connectivity index (χ1v) is 6.74. The number of nitrogens with zero attached hydrogens (tertiary/aromatic N) is 3. The third kappa shape index (κ3) is 3.20. The number of hydrogen-bond acceptors (Lipinski definition) is 4. The summed E-state index contributed by atoms with van der Waals surface area (Å²) in [6, 6.07) is 5.84. The number of carbonyl (C=O) groups excluding carboxylic acids is 1. The molecule has 102 valence electrons. The van der Waals surface area contributed by atoms with Gasteiger partial charge >= 0.3 is 0 Å². The number of thiocarbonyl (C=S) groups is 1. The summed E-state index contributed by atoms with van der Waals surface area (Å²) in [6.45, 7) is 4.69. The molecule has 0 aromatic carbocycles. The molecule has 1 atom stereocenters. The first-order chi connectivity index (χ1) is 9.09. The summed E-state index contributed by atoms with van der Waals surface area (Å²) in [6.07, 6.45) is 1.78. The van der Waals surface area contributed by atoms with Gasteiger partial charge in [-0.3, -0.25) is 4.79 Å². The van der Waals surface area contributed by atoms with Crippen LogP contribution in [0.4, 0.5) is 5.82 Å². The van der Waals surface area contributed by atoms with Gasteiger partial charge in [-0.1, -0.05) is 18.3 Å². The van der Waals surface area contributed by atoms with Gasteiger partial charge in [-0.05, 0) is 19.1 Å². The highest BCUT2D eigenvalue weighted by Crippen LogP contribution is 2.14. The van der Waals surface area contributed by atoms with Gasteiger partial charge in [-0.25, -0.2) is 4.98 Å². The van der Waals surface area contributed by atoms with Gasteiger partial charge in [-0.15, -0.1) is 0 Å². The fraction of sp³-hybridized carbons (Fsp3) is 0.462. The van der Waals surface area contributed by atoms with Gasteiger partial charge in [0.05, 0.1) is 10.9 Å². The van der Waals surface area contributed by atoms with E-state index in [9.17, 15) is 4.79 Å². The molecule has 2 N–H and O–H groups in total. The molecule has 0 saturated carbocycles. The van der Waals surface area contributed by atoms with Gasteiger partial charge in [0.2, 0.25) is 5.91 Å². The molecule has 2 rings (SSSR count). The van der Waals surface area contributed by atoms with E-state index < -0.39 is 0 Å². The minimum Gasteiger partial charge on any atom is -0.393 e. The molecule has 1 fully saturated rings. The van der Waals surface area contributed by atoms with Gasteiger partial charge in [-0.2, -0.15) is 0 Å². The van der Waals surface area contributed by atoms with Gasteiger partial charge in [0, 0.05) is 32.4 Å². The Morgan fingerprint density at radius 3 is 2.58 bits per heavy atom. The van der Waals surface area contributed by atoms with Crippen LogP contribution in [0.2, 0.25) is 0 Å². The number of pyridine rings is 1. The zero-order chi connectivity index (χ0) is 13.8. The quantitative estimate of drug-likeness (QED) is 0.823. The molecule has 5 nitrogen and oxygen atoms in total. The van der Waals surface area contributed by atoms with Crippen molar-refractivity contribution in [2.75, 3.05) is 31.1 Å². The van der Waals surface area contributed by atoms with Crippen molar-refractivity contribution in [1.82, 2.24) is 9.88 Å². The second kappa shape index (κ2) is 5.97. The molecule has 6 heteroatoms. The number of piperazine rings is 1. The molecule has 0 aliphatic carbocycles. The predicted octanol–water partition coefficient (Wildman–Crippen LogP) is 0.652. The van der Waals surface area contributed by atoms with Gasteiger partial charge < -0.3 is 15.5 Å². The lowest BCUT2D eigenvalue weighted by Gasteiger charge is -2.36. The average Bonchev–Trinajstić information content (AvgIpc) is 2.46. The van der Waals surface area contributed by atoms with Crippen LogP contribution in [0.1, 0.15) is 6.92 Å². The van der Waals surface area contributed by atoms with E-state index in [1.54, 1.807) is 13.1 Å². The third-order valence-corrected chi connectivity index (χ3v) is 3.72. The maximum Gasteiger partial charge on any atom is 0.232 e. The molecule has 0 radical (unpaired) electrons. The van der Waals surface area contributed by atoms with E-state index in [1.165, 1.54) is 0 Å². The van der Waals surface area contributed by atoms with Crippen LogP contribution in [0.15, 0.2) is 24.4 Å². The van der Waals surface area contributed by atoms with E-state index >= 15 is 0 Å². The average molecular weight is 278 g/mol. The fourth-order valence-electron chi connectivity index (χ4n) is 2.09. The predicted molar refractivity (Wildman–Crippen MR) is 79.0 cm³/mol. The summed E-state index contributed by atoms with van der Waals surface area (Å²) in [4.78, 5) is 20.7. The summed E-state index contributed by atoms with van der Waals surface area (Å²) in [5.74, 6) is 0.599. The second-order valence-corrected chi connectivity index (χ2v) is 5.10. The van der Waals surface area contributed by atoms with Crippen molar-refractivity contribution in [3.8, 4) is 0 Å². The van der Waals surface area contributed by atoms with Crippen LogP contribution in [-0.2, 0) is 4.79 Å². The standard InChI is InChI=1S/C13H18N4OS/c1-10(12(14)19)13(18)17-8-6-16(7-9-17)11-4-2-3-5-15-11/h2-5,10H,6-9H2,1H3,(H2,14,19). The van der Waals surface area contributed by atoms with E-state index in [4.69, 9.17) is 18.0 Å². The van der Waals surface area contributed by atoms with Crippen molar-refractivity contribution in [3.63, 3.8) is 0 Å². The molecule has 1 aromatic heterocycles. The Morgan fingerprint density at radius 1 is 1.37 bits per heavy atom. The van der Waals surface area contributed by atoms with Crippen molar-refractivity contribution >= 4 is 28.9 Å². The zero-order valence-corrected chi connectivity index (χ0v) is 11.8. The molecule has 1 amide bonds. The number of amides is 1. The lowest BCUT2D eigenvalue weighted by atomic mass is 10.1. The van der Waals surface area contributed by atoms with E-state index in [0.29, 0.717) is 13.1 Å². The fourth-order valence-corrected chi connectivity index (χ4v) is 2.19. The molecule has 0 spiro atoms. The van der Waals surface area contributed by atoms with Gasteiger partial charge in [0.1, 0.15) is 5.82 Å². The van der Waals surface area contributed by atoms with Crippen molar-refractivity contribution in [2.24, 2.45) is 11.7 Å². The Kier molecular flexibility index (Phi) is 4.31. The Bertz CT molecular complexity index is 457. The number of hydrogen-bond donors (Lipinski definition) is 1. The summed E-state index contributed by atoms with van der Waals surface area (Å²) in [5.41, 5.74) is 5.53. The van der Waals surface area contributed by atoms with Crippen molar-refractivity contribution in [3.05, 3.63) is 24.4 Å². The molecular formula is C13H18N4OS. The Balaban J connectivity index is 1.93. The largest absolute Gasteiger partial charge is 0.393 e. The summed E-state index contributed by atoms with van der Waals surface area (Å²) >= 11 is 4.87. The van der Waals surface area contributed by atoms with Crippen LogP contribution < -0.4 is 10.6 Å². The first kappa shape index (κ1) is 13.7. The number of aromatic nitrogens is 1. The Hall–Kier alpha value is -1.69. The van der Waals surface area contributed by atoms with Crippen molar-refractivity contribution < 1.29 is 4.79 Å². The van der Waals surface area contributed by atoms with E-state index in [-0.39, 0.29) is 16.8 Å². The monoisotopic (exact) mass is 278 g/mol. The second-order valence-electron chi connectivity index (χ2n) is 4.62. The van der Waals surface area contributed by atoms with Gasteiger partial charge in [0.25, 0.3) is 0 Å². The highest BCUT2D eigenvalue weighted by molar-refractivity contribution is 7.80. The van der Waals surface area contributed by atoms with Gasteiger partial charge in [0.15, 0.2) is 0 Å². The minimum absolute atomic E-state index is 0.0215. The lowest BCUT2D eigenvalue weighted by Crippen LogP contribution is -2.51. The lowest BCUT2D eigenvalue weighted by molar-refractivity contribution is -0.133. The maximum absolute atomic E-state index is 12.1. The number of rotatable bonds is 3. The highest BCUT2D eigenvalue weighted by atomic mass is 32.1. The molecule has 1 unspecified atom stereocenters. The van der Waals surface area contributed by atoms with Crippen molar-refractivity contribution in [1.29, 1.82) is 0 Å². The Labute approximate surface area is 118 Å². The molecule has 19 heavy (non-hydrogen) atoms. The highest BCUT2D eigenvalue weighted by Gasteiger charge is 2.26. The number of carbonyl (C=O) groups is 1. The van der Waals surface area contributed by atoms with Crippen LogP contribution in [0.3, 0.4) is 0 Å². The van der Waals surface area contributed by atoms with Crippen LogP contribution in [0, 0.1) is 5.92 Å². The van der Waals surface area contributed by atoms with E-state index in [0.717, 1.165) is 18.9 Å². The number of nitrogens with two attached hydrogens (primary N) is 1. The van der Waals surface area contributed by atoms with Crippen LogP contribution in [0.25, 0.3) is 0 Å². The molecule has 1 saturated heterocycles. The topological polar surface area (TPSA) is 62.5 Å². The zero-order valence-electron chi connectivity index (χ0n) is 11.0. The number of anilines is 1. The summed E-state index contributed by atoms with van der Waals surface area (Å²) < 4.78 is 0. The molecule has 1 aliphatic rings. The maximum atomic E-state index is 12.1. The van der Waals surface area contributed by atoms with E-state index in [1.807, 2.05) is 23.1 Å². The molecule has 1 aliphatic heterocycles. The van der Waals surface area contributed by atoms with Crippen LogP contribution in [0.5, 0.6) is 0 Å². The third-order valence-electron chi connectivity index (χ3n) is 3.36. The van der Waals surface area contributed by atoms with Crippen molar-refractivity contribution in [2.45, 2.75) is 6.92 Å². The molecule has 2 heterocycles. The molecule has 0 bridgehead atoms. The van der Waals surface area contributed by atoms with Crippen LogP contribution in [-0.4, -0.2) is 47.0 Å². The van der Waals surface area contributed by atoms with Crippen LogP contribution >= 0.6 is 12.2 Å². The first-order valence-electron chi connectivity index (χ1n) is 6.33.